The van der Waals surface area contributed by atoms with Crippen LogP contribution in [0.15, 0.2) is 0 Å². The molecule has 1 saturated carbocycles. The minimum Gasteiger partial charge on any atom is -0.380 e. The summed E-state index contributed by atoms with van der Waals surface area (Å²) < 4.78 is 37.1. The van der Waals surface area contributed by atoms with Gasteiger partial charge in [0.2, 0.25) is 0 Å². The first kappa shape index (κ1) is 10.8. The zero-order valence-electron chi connectivity index (χ0n) is 7.27. The topological polar surface area (TPSA) is 46.2 Å². The number of halogens is 3. The van der Waals surface area contributed by atoms with E-state index in [4.69, 9.17) is 5.73 Å². The predicted molar refractivity (Wildman–Crippen MR) is 42.1 cm³/mol. The summed E-state index contributed by atoms with van der Waals surface area (Å²) in [5.74, 6) is 0. The number of rotatable bonds is 0. The van der Waals surface area contributed by atoms with E-state index in [1.807, 2.05) is 0 Å². The molecule has 5 heteroatoms. The minimum absolute atomic E-state index is 0.218. The molecule has 0 aromatic heterocycles. The van der Waals surface area contributed by atoms with Crippen molar-refractivity contribution < 1.29 is 18.3 Å². The predicted octanol–water partition coefficient (Wildman–Crippen LogP) is 1.57. The normalized spacial score (nSPS) is 37.2. The summed E-state index contributed by atoms with van der Waals surface area (Å²) in [7, 11) is 0. The quantitative estimate of drug-likeness (QED) is 0.579. The molecule has 0 heterocycles. The smallest absolute Gasteiger partial charge is 0.380 e. The van der Waals surface area contributed by atoms with E-state index in [0.717, 1.165) is 0 Å². The zero-order valence-corrected chi connectivity index (χ0v) is 7.27. The van der Waals surface area contributed by atoms with E-state index in [9.17, 15) is 18.3 Å². The first-order valence-corrected chi connectivity index (χ1v) is 4.40. The minimum atomic E-state index is -4.55. The molecule has 0 unspecified atom stereocenters. The second-order valence-electron chi connectivity index (χ2n) is 3.74. The van der Waals surface area contributed by atoms with Gasteiger partial charge in [0, 0.05) is 12.5 Å². The first-order valence-electron chi connectivity index (χ1n) is 4.40. The van der Waals surface area contributed by atoms with Crippen LogP contribution in [0.1, 0.15) is 32.1 Å². The van der Waals surface area contributed by atoms with Gasteiger partial charge < -0.3 is 10.8 Å². The van der Waals surface area contributed by atoms with Crippen molar-refractivity contribution in [3.05, 3.63) is 0 Å². The van der Waals surface area contributed by atoms with Crippen molar-refractivity contribution in [3.8, 4) is 0 Å². The van der Waals surface area contributed by atoms with Gasteiger partial charge in [0.05, 0.1) is 0 Å². The maximum Gasteiger partial charge on any atom is 0.417 e. The van der Waals surface area contributed by atoms with E-state index in [1.54, 1.807) is 0 Å². The Balaban J connectivity index is 2.75. The molecule has 13 heavy (non-hydrogen) atoms. The van der Waals surface area contributed by atoms with Gasteiger partial charge in [-0.1, -0.05) is 12.8 Å². The Morgan fingerprint density at radius 3 is 2.46 bits per heavy atom. The molecule has 1 aliphatic carbocycles. The number of alkyl halides is 3. The molecular weight excluding hydrogens is 183 g/mol. The standard InChI is InChI=1S/C8H14F3NO/c9-8(10,11)7(13)4-2-1-3-6(12)5-7/h6,13H,1-5,12H2/t6-,7+/m0/s1. The third kappa shape index (κ3) is 2.34. The van der Waals surface area contributed by atoms with Crippen LogP contribution < -0.4 is 5.73 Å². The zero-order chi connectivity index (χ0) is 10.1. The van der Waals surface area contributed by atoms with E-state index in [1.165, 1.54) is 0 Å². The van der Waals surface area contributed by atoms with E-state index in [0.29, 0.717) is 19.3 Å². The highest BCUT2D eigenvalue weighted by molar-refractivity contribution is 4.91. The van der Waals surface area contributed by atoms with Gasteiger partial charge in [-0.3, -0.25) is 0 Å². The van der Waals surface area contributed by atoms with Crippen LogP contribution in [0.3, 0.4) is 0 Å². The highest BCUT2D eigenvalue weighted by Crippen LogP contribution is 2.39. The second-order valence-corrected chi connectivity index (χ2v) is 3.74. The Kier molecular flexibility index (Phi) is 2.87. The summed E-state index contributed by atoms with van der Waals surface area (Å²) in [5.41, 5.74) is 2.89. The van der Waals surface area contributed by atoms with E-state index < -0.39 is 17.8 Å². The molecule has 78 valence electrons. The van der Waals surface area contributed by atoms with Crippen LogP contribution in [-0.4, -0.2) is 22.9 Å². The number of hydrogen-bond donors (Lipinski definition) is 2. The molecule has 2 nitrogen and oxygen atoms in total. The molecule has 1 rings (SSSR count). The van der Waals surface area contributed by atoms with Gasteiger partial charge in [-0.15, -0.1) is 0 Å². The summed E-state index contributed by atoms with van der Waals surface area (Å²) in [5, 5.41) is 9.35. The molecule has 0 amide bonds. The molecule has 0 saturated heterocycles. The first-order chi connectivity index (χ1) is 5.85. The Morgan fingerprint density at radius 1 is 1.31 bits per heavy atom. The Labute approximate surface area is 74.9 Å². The van der Waals surface area contributed by atoms with Gasteiger partial charge in [-0.2, -0.15) is 13.2 Å². The van der Waals surface area contributed by atoms with Crippen LogP contribution in [-0.2, 0) is 0 Å². The molecule has 2 atom stereocenters. The summed E-state index contributed by atoms with van der Waals surface area (Å²) in [6.45, 7) is 0. The van der Waals surface area contributed by atoms with Gasteiger partial charge in [-0.25, -0.2) is 0 Å². The summed E-state index contributed by atoms with van der Waals surface area (Å²) in [6.07, 6.45) is -3.50. The van der Waals surface area contributed by atoms with Crippen LogP contribution >= 0.6 is 0 Å². The fraction of sp³-hybridized carbons (Fsp3) is 1.00. The van der Waals surface area contributed by atoms with Gasteiger partial charge >= 0.3 is 6.18 Å². The Hall–Kier alpha value is -0.290. The number of aliphatic hydroxyl groups is 1. The Bertz CT molecular complexity index is 183. The van der Waals surface area contributed by atoms with Crippen LogP contribution in [0, 0.1) is 0 Å². The van der Waals surface area contributed by atoms with Crippen molar-refractivity contribution in [2.45, 2.75) is 49.9 Å². The molecular formula is C8H14F3NO. The van der Waals surface area contributed by atoms with Crippen LogP contribution in [0.25, 0.3) is 0 Å². The van der Waals surface area contributed by atoms with E-state index >= 15 is 0 Å². The van der Waals surface area contributed by atoms with Gasteiger partial charge in [0.1, 0.15) is 0 Å². The lowest BCUT2D eigenvalue weighted by Gasteiger charge is -2.30. The fourth-order valence-corrected chi connectivity index (χ4v) is 1.72. The van der Waals surface area contributed by atoms with Crippen LogP contribution in [0.5, 0.6) is 0 Å². The maximum atomic E-state index is 12.4. The molecule has 0 bridgehead atoms. The summed E-state index contributed by atoms with van der Waals surface area (Å²) in [6, 6.07) is -0.533. The van der Waals surface area contributed by atoms with Crippen LogP contribution in [0.2, 0.25) is 0 Å². The van der Waals surface area contributed by atoms with Crippen molar-refractivity contribution in [1.29, 1.82) is 0 Å². The van der Waals surface area contributed by atoms with Crippen molar-refractivity contribution in [3.63, 3.8) is 0 Å². The molecule has 1 aliphatic rings. The molecule has 3 N–H and O–H groups in total. The largest absolute Gasteiger partial charge is 0.417 e. The second kappa shape index (κ2) is 3.46. The van der Waals surface area contributed by atoms with Crippen molar-refractivity contribution >= 4 is 0 Å². The molecule has 0 aromatic rings. The third-order valence-electron chi connectivity index (χ3n) is 2.54. The van der Waals surface area contributed by atoms with E-state index in [-0.39, 0.29) is 12.8 Å². The van der Waals surface area contributed by atoms with Crippen molar-refractivity contribution in [2.75, 3.05) is 0 Å². The van der Waals surface area contributed by atoms with Gasteiger partial charge in [-0.05, 0) is 12.8 Å². The number of hydrogen-bond acceptors (Lipinski definition) is 2. The molecule has 0 radical (unpaired) electrons. The highest BCUT2D eigenvalue weighted by Gasteiger charge is 2.53. The van der Waals surface area contributed by atoms with Crippen LogP contribution in [0.4, 0.5) is 13.2 Å². The molecule has 1 fully saturated rings. The lowest BCUT2D eigenvalue weighted by molar-refractivity contribution is -0.265. The third-order valence-corrected chi connectivity index (χ3v) is 2.54. The van der Waals surface area contributed by atoms with E-state index in [2.05, 4.69) is 0 Å². The summed E-state index contributed by atoms with van der Waals surface area (Å²) in [4.78, 5) is 0. The highest BCUT2D eigenvalue weighted by atomic mass is 19.4. The molecule has 0 spiro atoms. The lowest BCUT2D eigenvalue weighted by atomic mass is 9.92. The molecule has 0 aromatic carbocycles. The van der Waals surface area contributed by atoms with Crippen molar-refractivity contribution in [2.24, 2.45) is 5.73 Å². The van der Waals surface area contributed by atoms with Crippen molar-refractivity contribution in [1.82, 2.24) is 0 Å². The van der Waals surface area contributed by atoms with Gasteiger partial charge in [0.15, 0.2) is 5.60 Å². The fourth-order valence-electron chi connectivity index (χ4n) is 1.72. The lowest BCUT2D eigenvalue weighted by Crippen LogP contribution is -2.48. The average molecular weight is 197 g/mol. The number of nitrogens with two attached hydrogens (primary N) is 1. The summed E-state index contributed by atoms with van der Waals surface area (Å²) >= 11 is 0. The average Bonchev–Trinajstić information content (AvgIpc) is 2.10. The molecule has 0 aliphatic heterocycles. The SMILES string of the molecule is N[C@H]1CCCC[C@](O)(C(F)(F)F)C1. The maximum absolute atomic E-state index is 12.4. The van der Waals surface area contributed by atoms with Gasteiger partial charge in [0.25, 0.3) is 0 Å². The Morgan fingerprint density at radius 2 is 1.92 bits per heavy atom. The monoisotopic (exact) mass is 197 g/mol.